The van der Waals surface area contributed by atoms with Gasteiger partial charge in [-0.25, -0.2) is 0 Å². The molecule has 2 bridgehead atoms. The normalized spacial score (nSPS) is 27.0. The summed E-state index contributed by atoms with van der Waals surface area (Å²) in [5, 5.41) is 10.3. The summed E-state index contributed by atoms with van der Waals surface area (Å²) in [4.78, 5) is 2.87. The number of phenols is 1. The van der Waals surface area contributed by atoms with E-state index in [9.17, 15) is 5.11 Å². The van der Waals surface area contributed by atoms with Crippen LogP contribution in [0.4, 0.5) is 0 Å². The fourth-order valence-corrected chi connectivity index (χ4v) is 22.3. The fourth-order valence-electron chi connectivity index (χ4n) is 7.95. The number of benzene rings is 1. The minimum absolute atomic E-state index is 0.335. The van der Waals surface area contributed by atoms with Crippen molar-refractivity contribution in [3.05, 3.63) is 39.5 Å². The second-order valence-electron chi connectivity index (χ2n) is 11.9. The number of phenolic OH excluding ortho intramolecular Hbond substituents is 1. The maximum absolute atomic E-state index is 10.3. The van der Waals surface area contributed by atoms with Crippen molar-refractivity contribution in [2.75, 3.05) is 13.1 Å². The Bertz CT molecular complexity index is 798. The van der Waals surface area contributed by atoms with E-state index in [-0.39, 0.29) is 0 Å². The number of hydrogen-bond donors (Lipinski definition) is 1. The summed E-state index contributed by atoms with van der Waals surface area (Å²) in [6.07, 6.45) is 19.1. The maximum atomic E-state index is 10.3. The molecule has 1 aromatic carbocycles. The van der Waals surface area contributed by atoms with E-state index in [1.807, 2.05) is 6.07 Å². The molecule has 0 radical (unpaired) electrons. The van der Waals surface area contributed by atoms with Crippen LogP contribution in [0.25, 0.3) is 0 Å². The van der Waals surface area contributed by atoms with Gasteiger partial charge in [-0.2, -0.15) is 0 Å². The quantitative estimate of drug-likeness (QED) is 0.254. The summed E-state index contributed by atoms with van der Waals surface area (Å²) < 4.78 is 7.63. The van der Waals surface area contributed by atoms with Gasteiger partial charge in [0, 0.05) is 0 Å². The molecule has 34 heavy (non-hydrogen) atoms. The molecule has 190 valence electrons. The van der Waals surface area contributed by atoms with Crippen LogP contribution in [0.2, 0.25) is 13.3 Å². The van der Waals surface area contributed by atoms with Gasteiger partial charge in [-0.05, 0) is 0 Å². The monoisotopic (exact) mass is 573 g/mol. The molecule has 2 nitrogen and oxygen atoms in total. The van der Waals surface area contributed by atoms with E-state index in [4.69, 9.17) is 0 Å². The third kappa shape index (κ3) is 5.58. The Morgan fingerprint density at radius 2 is 1.71 bits per heavy atom. The number of unbranched alkanes of at least 4 members (excludes halogenated alkanes) is 3. The molecule has 1 aliphatic heterocycles. The Morgan fingerprint density at radius 3 is 2.38 bits per heavy atom. The molecule has 0 unspecified atom stereocenters. The van der Waals surface area contributed by atoms with Crippen molar-refractivity contribution >= 4 is 18.4 Å². The summed E-state index contributed by atoms with van der Waals surface area (Å²) in [7, 11) is 0. The average Bonchev–Trinajstić information content (AvgIpc) is 2.86. The van der Waals surface area contributed by atoms with E-state index < -0.39 is 18.4 Å². The second kappa shape index (κ2) is 12.2. The standard InChI is InChI=1S/C19H24NO.3C4H9.Sn/c1-2-10-20-11-9-19-8-4-3-5-16(19)18(20)12-14-6-7-15(21)13-17(14)19;3*1-3-4-2;/h1-2,6-7,13,16,18,21H,3-5,8-12H2;3*1,3-4H2,2H3;/t16-,18+,19+;;;;/m0..../s1. The SMILES string of the molecule is CCC[CH2][Sn]([CH]=CCN1CC[C@]23CCCC[C@H]2[C@H]1Cc1ccc(O)cc13)([CH2]CCC)[CH2]CCC. The number of hydrogen-bond acceptors (Lipinski definition) is 2. The average molecular weight is 572 g/mol. The van der Waals surface area contributed by atoms with Crippen molar-refractivity contribution in [1.29, 1.82) is 0 Å². The van der Waals surface area contributed by atoms with Crippen molar-refractivity contribution < 1.29 is 5.11 Å². The number of rotatable bonds is 12. The molecule has 3 heteroatoms. The van der Waals surface area contributed by atoms with Crippen molar-refractivity contribution in [1.82, 2.24) is 4.90 Å². The summed E-state index contributed by atoms with van der Waals surface area (Å²) in [6.45, 7) is 9.55. The molecule has 2 aliphatic carbocycles. The molecule has 1 saturated heterocycles. The molecule has 1 N–H and O–H groups in total. The molecule has 3 aliphatic rings. The van der Waals surface area contributed by atoms with E-state index in [1.54, 1.807) is 13.3 Å². The van der Waals surface area contributed by atoms with Gasteiger partial charge in [0.1, 0.15) is 0 Å². The first-order valence-electron chi connectivity index (χ1n) is 14.8. The van der Waals surface area contributed by atoms with E-state index in [1.165, 1.54) is 101 Å². The molecule has 4 rings (SSSR count). The van der Waals surface area contributed by atoms with Gasteiger partial charge < -0.3 is 0 Å². The van der Waals surface area contributed by atoms with E-state index in [0.717, 1.165) is 5.92 Å². The Morgan fingerprint density at radius 1 is 1.00 bits per heavy atom. The number of piperidine rings is 1. The summed E-state index contributed by atoms with van der Waals surface area (Å²) >= 11 is -2.19. The summed E-state index contributed by atoms with van der Waals surface area (Å²) in [6, 6.07) is 7.00. The Kier molecular flexibility index (Phi) is 9.51. The van der Waals surface area contributed by atoms with Crippen LogP contribution in [-0.2, 0) is 11.8 Å². The van der Waals surface area contributed by atoms with Gasteiger partial charge in [0.15, 0.2) is 0 Å². The van der Waals surface area contributed by atoms with Gasteiger partial charge in [0.05, 0.1) is 0 Å². The molecule has 0 aromatic heterocycles. The molecular weight excluding hydrogens is 521 g/mol. The number of nitrogens with zero attached hydrogens (tertiary/aromatic N) is 1. The van der Waals surface area contributed by atoms with E-state index >= 15 is 0 Å². The first-order valence-corrected chi connectivity index (χ1v) is 22.5. The molecule has 1 heterocycles. The number of aromatic hydroxyl groups is 1. The Hall–Kier alpha value is -0.481. The van der Waals surface area contributed by atoms with E-state index in [0.29, 0.717) is 17.2 Å². The first kappa shape index (κ1) is 26.6. The zero-order chi connectivity index (χ0) is 24.0. The van der Waals surface area contributed by atoms with Crippen LogP contribution in [0, 0.1) is 5.92 Å². The molecule has 1 saturated carbocycles. The van der Waals surface area contributed by atoms with Gasteiger partial charge in [-0.3, -0.25) is 0 Å². The molecular formula is C31H51NOSn. The van der Waals surface area contributed by atoms with Crippen LogP contribution in [0.3, 0.4) is 0 Å². The van der Waals surface area contributed by atoms with Gasteiger partial charge in [0.25, 0.3) is 0 Å². The second-order valence-corrected chi connectivity index (χ2v) is 25.0. The van der Waals surface area contributed by atoms with Gasteiger partial charge in [-0.1, -0.05) is 0 Å². The van der Waals surface area contributed by atoms with Crippen LogP contribution in [0.1, 0.15) is 103 Å². The zero-order valence-electron chi connectivity index (χ0n) is 22.5. The zero-order valence-corrected chi connectivity index (χ0v) is 25.3. The molecule has 0 amide bonds. The predicted octanol–water partition coefficient (Wildman–Crippen LogP) is 8.40. The Balaban J connectivity index is 1.53. The Labute approximate surface area is 214 Å². The first-order chi connectivity index (χ1) is 16.6. The van der Waals surface area contributed by atoms with Gasteiger partial charge in [0.2, 0.25) is 0 Å². The van der Waals surface area contributed by atoms with Crippen molar-refractivity contribution in [2.24, 2.45) is 5.92 Å². The van der Waals surface area contributed by atoms with Crippen molar-refractivity contribution in [3.63, 3.8) is 0 Å². The third-order valence-electron chi connectivity index (χ3n) is 9.83. The van der Waals surface area contributed by atoms with Crippen LogP contribution >= 0.6 is 0 Å². The summed E-state index contributed by atoms with van der Waals surface area (Å²) in [5.74, 6) is 1.25. The van der Waals surface area contributed by atoms with Crippen LogP contribution in [0.15, 0.2) is 28.4 Å². The minimum atomic E-state index is -2.19. The third-order valence-corrected chi connectivity index (χ3v) is 24.1. The van der Waals surface area contributed by atoms with Gasteiger partial charge in [-0.15, -0.1) is 0 Å². The molecule has 2 fully saturated rings. The molecule has 3 atom stereocenters. The molecule has 0 spiro atoms. The molecule has 1 aromatic rings. The van der Waals surface area contributed by atoms with Crippen LogP contribution in [-0.4, -0.2) is 47.5 Å². The number of likely N-dealkylation sites (tertiary alicyclic amines) is 1. The predicted molar refractivity (Wildman–Crippen MR) is 149 cm³/mol. The van der Waals surface area contributed by atoms with Crippen molar-refractivity contribution in [2.45, 2.75) is 123 Å². The summed E-state index contributed by atoms with van der Waals surface area (Å²) in [5.41, 5.74) is 3.37. The van der Waals surface area contributed by atoms with Crippen LogP contribution in [0.5, 0.6) is 5.75 Å². The van der Waals surface area contributed by atoms with Gasteiger partial charge >= 0.3 is 215 Å². The number of fused-ring (bicyclic) bond motifs is 1. The van der Waals surface area contributed by atoms with E-state index in [2.05, 4.69) is 48.0 Å². The van der Waals surface area contributed by atoms with Crippen molar-refractivity contribution in [3.8, 4) is 5.75 Å². The topological polar surface area (TPSA) is 23.5 Å². The van der Waals surface area contributed by atoms with Crippen LogP contribution < -0.4 is 0 Å². The fraction of sp³-hybridized carbons (Fsp3) is 0.742.